The first-order valence-electron chi connectivity index (χ1n) is 8.33. The monoisotopic (exact) mass is 356 g/mol. The van der Waals surface area contributed by atoms with Crippen LogP contribution in [0.2, 0.25) is 0 Å². The van der Waals surface area contributed by atoms with E-state index in [2.05, 4.69) is 20.3 Å². The summed E-state index contributed by atoms with van der Waals surface area (Å²) >= 11 is 1.66. The molecule has 0 aliphatic carbocycles. The van der Waals surface area contributed by atoms with Crippen LogP contribution in [-0.4, -0.2) is 38.2 Å². The van der Waals surface area contributed by atoms with Crippen LogP contribution in [0.1, 0.15) is 24.1 Å². The molecule has 0 bridgehead atoms. The third-order valence-corrected chi connectivity index (χ3v) is 5.67. The summed E-state index contributed by atoms with van der Waals surface area (Å²) in [7, 11) is 1.92. The maximum absolute atomic E-state index is 11.6. The molecule has 1 amide bonds. The molecule has 0 unspecified atom stereocenters. The van der Waals surface area contributed by atoms with Crippen LogP contribution < -0.4 is 10.2 Å². The lowest BCUT2D eigenvalue weighted by atomic mass is 10.2. The molecule has 1 fully saturated rings. The van der Waals surface area contributed by atoms with E-state index in [1.807, 2.05) is 30.8 Å². The lowest BCUT2D eigenvalue weighted by molar-refractivity contribution is -0.119. The van der Waals surface area contributed by atoms with E-state index < -0.39 is 0 Å². The molecule has 7 nitrogen and oxygen atoms in total. The molecule has 1 aliphatic rings. The summed E-state index contributed by atoms with van der Waals surface area (Å²) in [6.07, 6.45) is 5.09. The first-order valence-corrected chi connectivity index (χ1v) is 9.15. The molecule has 1 aliphatic heterocycles. The van der Waals surface area contributed by atoms with Crippen molar-refractivity contribution in [2.45, 2.75) is 32.4 Å². The number of hydrogen-bond acceptors (Lipinski definition) is 6. The Labute approximate surface area is 149 Å². The zero-order valence-corrected chi connectivity index (χ0v) is 15.1. The van der Waals surface area contributed by atoms with E-state index in [1.54, 1.807) is 23.7 Å². The number of thiazole rings is 1. The van der Waals surface area contributed by atoms with E-state index in [1.165, 1.54) is 5.56 Å². The van der Waals surface area contributed by atoms with Crippen LogP contribution >= 0.6 is 11.3 Å². The molecule has 8 heteroatoms. The molecule has 4 rings (SSSR count). The fraction of sp³-hybridized carbons (Fsp3) is 0.412. The van der Waals surface area contributed by atoms with Gasteiger partial charge in [-0.25, -0.2) is 9.67 Å². The molecule has 1 saturated heterocycles. The third-order valence-electron chi connectivity index (χ3n) is 4.45. The molecule has 1 atom stereocenters. The molecule has 1 N–H and O–H groups in total. The molecule has 0 spiro atoms. The lowest BCUT2D eigenvalue weighted by Gasteiger charge is -2.25. The second-order valence-electron chi connectivity index (χ2n) is 6.40. The van der Waals surface area contributed by atoms with E-state index in [0.717, 1.165) is 40.7 Å². The molecule has 25 heavy (non-hydrogen) atoms. The van der Waals surface area contributed by atoms with Crippen LogP contribution in [0.3, 0.4) is 0 Å². The van der Waals surface area contributed by atoms with Gasteiger partial charge in [0.05, 0.1) is 10.4 Å². The standard InChI is InChI=1S/C17H20N6OS/c1-11-15-16(22(2)21-11)20-17(25-15)23(9-12-5-7-18-8-6-12)10-13-3-4-14(24)19-13/h5-8,13H,3-4,9-10H2,1-2H3,(H,19,24)/t13-/m0/s1. The number of fused-ring (bicyclic) bond motifs is 1. The van der Waals surface area contributed by atoms with Crippen LogP contribution in [0.15, 0.2) is 24.5 Å². The van der Waals surface area contributed by atoms with Crippen molar-refractivity contribution in [1.29, 1.82) is 0 Å². The fourth-order valence-corrected chi connectivity index (χ4v) is 4.25. The van der Waals surface area contributed by atoms with Gasteiger partial charge in [-0.1, -0.05) is 11.3 Å². The van der Waals surface area contributed by atoms with Crippen LogP contribution in [0.25, 0.3) is 10.3 Å². The number of nitrogens with one attached hydrogen (secondary N) is 1. The Hall–Kier alpha value is -2.48. The Morgan fingerprint density at radius 1 is 1.40 bits per heavy atom. The summed E-state index contributed by atoms with van der Waals surface area (Å²) in [5.74, 6) is 0.137. The van der Waals surface area contributed by atoms with Gasteiger partial charge in [0.1, 0.15) is 0 Å². The molecule has 3 aromatic rings. The number of nitrogens with zero attached hydrogens (tertiary/aromatic N) is 5. The normalized spacial score (nSPS) is 17.2. The molecule has 3 aromatic heterocycles. The number of amides is 1. The van der Waals surface area contributed by atoms with Crippen LogP contribution in [-0.2, 0) is 18.4 Å². The highest BCUT2D eigenvalue weighted by Gasteiger charge is 2.25. The summed E-state index contributed by atoms with van der Waals surface area (Å²) in [6.45, 7) is 3.50. The fourth-order valence-electron chi connectivity index (χ4n) is 3.21. The predicted molar refractivity (Wildman–Crippen MR) is 97.6 cm³/mol. The van der Waals surface area contributed by atoms with E-state index >= 15 is 0 Å². The smallest absolute Gasteiger partial charge is 0.220 e. The Bertz CT molecular complexity index is 868. The van der Waals surface area contributed by atoms with Gasteiger partial charge < -0.3 is 10.2 Å². The zero-order chi connectivity index (χ0) is 17.4. The lowest BCUT2D eigenvalue weighted by Crippen LogP contribution is -2.38. The van der Waals surface area contributed by atoms with Crippen molar-refractivity contribution in [3.05, 3.63) is 35.8 Å². The topological polar surface area (TPSA) is 75.9 Å². The maximum atomic E-state index is 11.6. The minimum atomic E-state index is 0.137. The Kier molecular flexibility index (Phi) is 4.12. The maximum Gasteiger partial charge on any atom is 0.220 e. The van der Waals surface area contributed by atoms with Gasteiger partial charge in [-0.3, -0.25) is 9.78 Å². The van der Waals surface area contributed by atoms with Gasteiger partial charge in [0.25, 0.3) is 0 Å². The summed E-state index contributed by atoms with van der Waals surface area (Å²) in [4.78, 5) is 22.7. The number of hydrogen-bond donors (Lipinski definition) is 1. The number of pyridine rings is 1. The third kappa shape index (κ3) is 3.21. The molecule has 130 valence electrons. The van der Waals surface area contributed by atoms with Gasteiger partial charge >= 0.3 is 0 Å². The number of carbonyl (C=O) groups excluding carboxylic acids is 1. The first-order chi connectivity index (χ1) is 12.1. The number of aryl methyl sites for hydroxylation is 2. The van der Waals surface area contributed by atoms with E-state index in [0.29, 0.717) is 6.42 Å². The minimum absolute atomic E-state index is 0.137. The largest absolute Gasteiger partial charge is 0.352 e. The molecule has 0 saturated carbocycles. The quantitative estimate of drug-likeness (QED) is 0.757. The Balaban J connectivity index is 1.65. The van der Waals surface area contributed by atoms with Gasteiger partial charge in [0.2, 0.25) is 5.91 Å². The summed E-state index contributed by atoms with van der Waals surface area (Å²) in [5.41, 5.74) is 3.08. The highest BCUT2D eigenvalue weighted by molar-refractivity contribution is 7.22. The van der Waals surface area contributed by atoms with Crippen molar-refractivity contribution in [2.24, 2.45) is 7.05 Å². The van der Waals surface area contributed by atoms with Crippen molar-refractivity contribution >= 4 is 32.7 Å². The van der Waals surface area contributed by atoms with Crippen molar-refractivity contribution in [3.63, 3.8) is 0 Å². The predicted octanol–water partition coefficient (Wildman–Crippen LogP) is 2.02. The van der Waals surface area contributed by atoms with E-state index in [4.69, 9.17) is 4.98 Å². The van der Waals surface area contributed by atoms with Gasteiger partial charge in [-0.15, -0.1) is 0 Å². The summed E-state index contributed by atoms with van der Waals surface area (Å²) in [6, 6.07) is 4.20. The number of aromatic nitrogens is 4. The molecule has 0 radical (unpaired) electrons. The van der Waals surface area contributed by atoms with E-state index in [-0.39, 0.29) is 11.9 Å². The molecule has 4 heterocycles. The second-order valence-corrected chi connectivity index (χ2v) is 7.37. The van der Waals surface area contributed by atoms with Gasteiger partial charge in [0.15, 0.2) is 10.8 Å². The first kappa shape index (κ1) is 16.0. The second kappa shape index (κ2) is 6.44. The van der Waals surface area contributed by atoms with Crippen molar-refractivity contribution in [2.75, 3.05) is 11.4 Å². The van der Waals surface area contributed by atoms with Crippen LogP contribution in [0, 0.1) is 6.92 Å². The highest BCUT2D eigenvalue weighted by Crippen LogP contribution is 2.32. The highest BCUT2D eigenvalue weighted by atomic mass is 32.1. The average Bonchev–Trinajstić information content (AvgIpc) is 3.27. The van der Waals surface area contributed by atoms with Gasteiger partial charge in [-0.05, 0) is 31.0 Å². The van der Waals surface area contributed by atoms with Crippen molar-refractivity contribution in [1.82, 2.24) is 25.1 Å². The van der Waals surface area contributed by atoms with Crippen LogP contribution in [0.5, 0.6) is 0 Å². The van der Waals surface area contributed by atoms with Crippen molar-refractivity contribution in [3.8, 4) is 0 Å². The molecule has 0 aromatic carbocycles. The number of rotatable bonds is 5. The zero-order valence-electron chi connectivity index (χ0n) is 14.3. The average molecular weight is 356 g/mol. The van der Waals surface area contributed by atoms with Gasteiger partial charge in [0, 0.05) is 45.0 Å². The van der Waals surface area contributed by atoms with E-state index in [9.17, 15) is 4.79 Å². The molecular weight excluding hydrogens is 336 g/mol. The number of carbonyl (C=O) groups is 1. The van der Waals surface area contributed by atoms with Gasteiger partial charge in [-0.2, -0.15) is 5.10 Å². The van der Waals surface area contributed by atoms with Crippen molar-refractivity contribution < 1.29 is 4.79 Å². The SMILES string of the molecule is Cc1nn(C)c2nc(N(Cc3ccncc3)C[C@@H]3CCC(=O)N3)sc12. The Morgan fingerprint density at radius 2 is 2.20 bits per heavy atom. The van der Waals surface area contributed by atoms with Crippen LogP contribution in [0.4, 0.5) is 5.13 Å². The Morgan fingerprint density at radius 3 is 2.88 bits per heavy atom. The summed E-state index contributed by atoms with van der Waals surface area (Å²) < 4.78 is 2.94. The minimum Gasteiger partial charge on any atom is -0.352 e. The summed E-state index contributed by atoms with van der Waals surface area (Å²) in [5, 5.41) is 8.45. The molecular formula is C17H20N6OS. The number of anilines is 1.